The van der Waals surface area contributed by atoms with E-state index < -0.39 is 0 Å². The van der Waals surface area contributed by atoms with Crippen LogP contribution in [0.15, 0.2) is 47.4 Å². The molecule has 0 aliphatic carbocycles. The van der Waals surface area contributed by atoms with Crippen LogP contribution in [-0.2, 0) is 7.05 Å². The second kappa shape index (κ2) is 6.80. The summed E-state index contributed by atoms with van der Waals surface area (Å²) in [5, 5.41) is 13.0. The molecular weight excluding hydrogens is 368 g/mol. The summed E-state index contributed by atoms with van der Waals surface area (Å²) in [6.07, 6.45) is 5.42. The van der Waals surface area contributed by atoms with E-state index in [9.17, 15) is 4.79 Å². The number of carbonyl (C=O) groups is 1. The Hall–Kier alpha value is -3.55. The maximum atomic E-state index is 13.7. The molecule has 1 saturated heterocycles. The van der Waals surface area contributed by atoms with Crippen LogP contribution < -0.4 is 0 Å². The number of hydrogen-bond donors (Lipinski definition) is 0. The third-order valence-corrected chi connectivity index (χ3v) is 5.46. The minimum absolute atomic E-state index is 0.0290. The molecule has 1 amide bonds. The monoisotopic (exact) mass is 388 g/mol. The van der Waals surface area contributed by atoms with Gasteiger partial charge in [-0.1, -0.05) is 28.5 Å². The number of aromatic nitrogens is 5. The van der Waals surface area contributed by atoms with Crippen molar-refractivity contribution in [3.8, 4) is 11.3 Å². The van der Waals surface area contributed by atoms with Gasteiger partial charge in [0.1, 0.15) is 11.4 Å². The molecule has 8 nitrogen and oxygen atoms in total. The Balaban J connectivity index is 1.62. The predicted molar refractivity (Wildman–Crippen MR) is 106 cm³/mol. The molecule has 0 bridgehead atoms. The van der Waals surface area contributed by atoms with Crippen molar-refractivity contribution in [1.82, 2.24) is 30.0 Å². The van der Waals surface area contributed by atoms with Gasteiger partial charge < -0.3 is 4.90 Å². The topological polar surface area (TPSA) is 89.9 Å². The van der Waals surface area contributed by atoms with Gasteiger partial charge in [0.25, 0.3) is 5.91 Å². The maximum Gasteiger partial charge on any atom is 0.255 e. The van der Waals surface area contributed by atoms with Crippen LogP contribution >= 0.6 is 0 Å². The summed E-state index contributed by atoms with van der Waals surface area (Å²) in [6.45, 7) is 2.53. The van der Waals surface area contributed by atoms with Crippen molar-refractivity contribution in [2.45, 2.75) is 25.8 Å². The molecule has 1 fully saturated rings. The lowest BCUT2D eigenvalue weighted by atomic mass is 10.0. The van der Waals surface area contributed by atoms with Crippen LogP contribution in [0.25, 0.3) is 22.2 Å². The van der Waals surface area contributed by atoms with Crippen molar-refractivity contribution in [1.29, 1.82) is 0 Å². The minimum atomic E-state index is -0.123. The van der Waals surface area contributed by atoms with Gasteiger partial charge in [-0.25, -0.2) is 9.61 Å². The summed E-state index contributed by atoms with van der Waals surface area (Å²) >= 11 is 0. The zero-order chi connectivity index (χ0) is 20.0. The quantitative estimate of drug-likeness (QED) is 0.535. The lowest BCUT2D eigenvalue weighted by Gasteiger charge is -2.24. The number of likely N-dealkylation sites (tertiary alicyclic amines) is 1. The molecule has 1 atom stereocenters. The van der Waals surface area contributed by atoms with E-state index in [0.29, 0.717) is 12.1 Å². The summed E-state index contributed by atoms with van der Waals surface area (Å²) in [4.78, 5) is 20.3. The molecule has 4 heterocycles. The van der Waals surface area contributed by atoms with Gasteiger partial charge in [0, 0.05) is 30.7 Å². The van der Waals surface area contributed by atoms with Gasteiger partial charge in [0.05, 0.1) is 29.0 Å². The van der Waals surface area contributed by atoms with E-state index in [1.165, 1.54) is 0 Å². The molecule has 146 valence electrons. The summed E-state index contributed by atoms with van der Waals surface area (Å²) < 4.78 is 6.61. The lowest BCUT2D eigenvalue weighted by Crippen LogP contribution is -2.31. The zero-order valence-electron chi connectivity index (χ0n) is 16.2. The van der Waals surface area contributed by atoms with Crippen LogP contribution in [0, 0.1) is 6.92 Å². The smallest absolute Gasteiger partial charge is 0.255 e. The molecule has 1 aliphatic heterocycles. The third-order valence-electron chi connectivity index (χ3n) is 5.46. The highest BCUT2D eigenvalue weighted by atomic mass is 16.6. The second-order valence-corrected chi connectivity index (χ2v) is 7.37. The first kappa shape index (κ1) is 17.5. The number of amides is 1. The zero-order valence-corrected chi connectivity index (χ0v) is 16.2. The molecule has 5 rings (SSSR count). The van der Waals surface area contributed by atoms with Crippen LogP contribution in [0.4, 0.5) is 0 Å². The van der Waals surface area contributed by atoms with Crippen molar-refractivity contribution >= 4 is 16.8 Å². The lowest BCUT2D eigenvalue weighted by molar-refractivity contribution is 0.0732. The van der Waals surface area contributed by atoms with Crippen LogP contribution in [0.2, 0.25) is 0 Å². The van der Waals surface area contributed by atoms with Gasteiger partial charge in [0.15, 0.2) is 0 Å². The number of benzene rings is 1. The average molecular weight is 388 g/mol. The standard InChI is InChI=1S/C21H20N6O2/c1-13-20(25-29-24-13)19-8-5-9-27(19)21(28)16-10-18(14-11-22-26(2)12-14)23-17-7-4-3-6-15(16)17/h3-4,6-7,10-12,19H,5,8-9H2,1-2H3/t19-/m1/s1. The van der Waals surface area contributed by atoms with Crippen molar-refractivity contribution in [2.24, 2.45) is 7.05 Å². The fourth-order valence-electron chi connectivity index (χ4n) is 4.04. The van der Waals surface area contributed by atoms with E-state index in [4.69, 9.17) is 9.61 Å². The number of pyridine rings is 1. The first-order valence-corrected chi connectivity index (χ1v) is 9.60. The van der Waals surface area contributed by atoms with Crippen molar-refractivity contribution in [3.05, 3.63) is 59.7 Å². The highest BCUT2D eigenvalue weighted by molar-refractivity contribution is 6.07. The van der Waals surface area contributed by atoms with Gasteiger partial charge in [-0.05, 0) is 31.9 Å². The van der Waals surface area contributed by atoms with E-state index in [2.05, 4.69) is 15.4 Å². The Morgan fingerprint density at radius 3 is 2.86 bits per heavy atom. The molecule has 4 aromatic rings. The highest BCUT2D eigenvalue weighted by Crippen LogP contribution is 2.35. The number of carbonyl (C=O) groups excluding carboxylic acids is 1. The largest absolute Gasteiger partial charge is 0.330 e. The molecule has 3 aromatic heterocycles. The summed E-state index contributed by atoms with van der Waals surface area (Å²) in [5.41, 5.74) is 4.49. The average Bonchev–Trinajstić information content (AvgIpc) is 3.47. The second-order valence-electron chi connectivity index (χ2n) is 7.37. The van der Waals surface area contributed by atoms with E-state index in [1.807, 2.05) is 55.4 Å². The number of aryl methyl sites for hydroxylation is 2. The Morgan fingerprint density at radius 2 is 2.10 bits per heavy atom. The number of para-hydroxylation sites is 1. The third kappa shape index (κ3) is 2.97. The fraction of sp³-hybridized carbons (Fsp3) is 0.286. The van der Waals surface area contributed by atoms with E-state index >= 15 is 0 Å². The number of fused-ring (bicyclic) bond motifs is 1. The normalized spacial score (nSPS) is 16.6. The number of rotatable bonds is 3. The summed E-state index contributed by atoms with van der Waals surface area (Å²) in [5.74, 6) is -0.0290. The first-order chi connectivity index (χ1) is 14.1. The summed E-state index contributed by atoms with van der Waals surface area (Å²) in [7, 11) is 1.86. The molecule has 1 aromatic carbocycles. The molecule has 0 radical (unpaired) electrons. The van der Waals surface area contributed by atoms with Crippen LogP contribution in [0.1, 0.15) is 40.6 Å². The first-order valence-electron chi connectivity index (χ1n) is 9.60. The Bertz CT molecular complexity index is 1210. The van der Waals surface area contributed by atoms with Gasteiger partial charge in [-0.3, -0.25) is 9.48 Å². The predicted octanol–water partition coefficient (Wildman–Crippen LogP) is 3.30. The molecule has 0 N–H and O–H groups in total. The van der Waals surface area contributed by atoms with Crippen LogP contribution in [-0.4, -0.2) is 42.4 Å². The molecule has 0 saturated carbocycles. The summed E-state index contributed by atoms with van der Waals surface area (Å²) in [6, 6.07) is 9.47. The number of nitrogens with zero attached hydrogens (tertiary/aromatic N) is 6. The van der Waals surface area contributed by atoms with E-state index in [1.54, 1.807) is 10.9 Å². The molecule has 29 heavy (non-hydrogen) atoms. The number of hydrogen-bond acceptors (Lipinski definition) is 6. The van der Waals surface area contributed by atoms with Gasteiger partial charge in [0.2, 0.25) is 0 Å². The molecule has 1 aliphatic rings. The highest BCUT2D eigenvalue weighted by Gasteiger charge is 2.34. The fourth-order valence-corrected chi connectivity index (χ4v) is 4.04. The molecule has 0 spiro atoms. The van der Waals surface area contributed by atoms with Crippen molar-refractivity contribution in [2.75, 3.05) is 6.54 Å². The minimum Gasteiger partial charge on any atom is -0.330 e. The SMILES string of the molecule is Cc1nonc1[C@H]1CCCN1C(=O)c1cc(-c2cnn(C)c2)nc2ccccc12. The van der Waals surface area contributed by atoms with E-state index in [-0.39, 0.29) is 11.9 Å². The Labute approximate surface area is 167 Å². The van der Waals surface area contributed by atoms with E-state index in [0.717, 1.165) is 46.4 Å². The molecule has 0 unspecified atom stereocenters. The molecular formula is C21H20N6O2. The molecule has 8 heteroatoms. The van der Waals surface area contributed by atoms with Crippen molar-refractivity contribution < 1.29 is 9.42 Å². The van der Waals surface area contributed by atoms with Crippen LogP contribution in [0.3, 0.4) is 0 Å². The van der Waals surface area contributed by atoms with Gasteiger partial charge >= 0.3 is 0 Å². The Kier molecular flexibility index (Phi) is 4.12. The van der Waals surface area contributed by atoms with Crippen molar-refractivity contribution in [3.63, 3.8) is 0 Å². The van der Waals surface area contributed by atoms with Gasteiger partial charge in [-0.15, -0.1) is 0 Å². The van der Waals surface area contributed by atoms with Gasteiger partial charge in [-0.2, -0.15) is 5.10 Å². The van der Waals surface area contributed by atoms with Crippen LogP contribution in [0.5, 0.6) is 0 Å². The maximum absolute atomic E-state index is 13.7. The Morgan fingerprint density at radius 1 is 1.24 bits per heavy atom.